The number of hydrogen-bond donors (Lipinski definition) is 2. The Labute approximate surface area is 176 Å². The van der Waals surface area contributed by atoms with Gasteiger partial charge >= 0.3 is 176 Å². The number of anilines is 2. The second-order valence-corrected chi connectivity index (χ2v) is 12.9. The monoisotopic (exact) mass is 516 g/mol. The van der Waals surface area contributed by atoms with E-state index in [1.807, 2.05) is 12.1 Å². The summed E-state index contributed by atoms with van der Waals surface area (Å²) in [4.78, 5) is 24.4. The van der Waals surface area contributed by atoms with Gasteiger partial charge in [0, 0.05) is 0 Å². The van der Waals surface area contributed by atoms with Crippen molar-refractivity contribution in [1.29, 1.82) is 0 Å². The van der Waals surface area contributed by atoms with Crippen molar-refractivity contribution < 1.29 is 19.1 Å². The SMILES string of the molecule is CC(C)OC(=O)c1cc([Se][Se]c2ccc(N)c(C(=O)OC(C)C)c2)ccc1N. The number of carbonyl (C=O) groups is 2. The Kier molecular flexibility index (Phi) is 7.96. The molecule has 0 aromatic heterocycles. The summed E-state index contributed by atoms with van der Waals surface area (Å²) in [7, 11) is 0. The van der Waals surface area contributed by atoms with E-state index in [0.717, 1.165) is 8.92 Å². The second kappa shape index (κ2) is 9.99. The Hall–Kier alpha value is -1.98. The summed E-state index contributed by atoms with van der Waals surface area (Å²) in [5.41, 5.74) is 13.5. The van der Waals surface area contributed by atoms with Crippen LogP contribution in [0.1, 0.15) is 48.4 Å². The molecule has 28 heavy (non-hydrogen) atoms. The van der Waals surface area contributed by atoms with Gasteiger partial charge in [-0.05, 0) is 0 Å². The zero-order valence-corrected chi connectivity index (χ0v) is 19.6. The maximum absolute atomic E-state index is 12.2. The number of esters is 2. The van der Waals surface area contributed by atoms with Gasteiger partial charge in [-0.1, -0.05) is 0 Å². The minimum absolute atomic E-state index is 0.100. The molecule has 0 bridgehead atoms. The van der Waals surface area contributed by atoms with Gasteiger partial charge in [0.15, 0.2) is 0 Å². The molecule has 0 fully saturated rings. The van der Waals surface area contributed by atoms with Gasteiger partial charge in [0.2, 0.25) is 0 Å². The number of carbonyl (C=O) groups excluding carboxylic acids is 2. The Bertz CT molecular complexity index is 798. The van der Waals surface area contributed by atoms with Crippen LogP contribution in [0.15, 0.2) is 36.4 Å². The summed E-state index contributed by atoms with van der Waals surface area (Å²) in [6, 6.07) is 10.9. The van der Waals surface area contributed by atoms with E-state index < -0.39 is 11.9 Å². The molecule has 0 aliphatic carbocycles. The van der Waals surface area contributed by atoms with Crippen molar-refractivity contribution >= 4 is 58.5 Å². The van der Waals surface area contributed by atoms with Gasteiger partial charge in [-0.3, -0.25) is 0 Å². The Morgan fingerprint density at radius 3 is 1.43 bits per heavy atom. The van der Waals surface area contributed by atoms with Crippen molar-refractivity contribution in [1.82, 2.24) is 0 Å². The molecule has 0 atom stereocenters. The van der Waals surface area contributed by atoms with Crippen LogP contribution >= 0.6 is 0 Å². The fourth-order valence-corrected chi connectivity index (χ4v) is 8.16. The third-order valence-corrected chi connectivity index (χ3v) is 10.6. The first-order valence-corrected chi connectivity index (χ1v) is 14.8. The van der Waals surface area contributed by atoms with E-state index in [1.165, 1.54) is 0 Å². The van der Waals surface area contributed by atoms with Crippen LogP contribution in [-0.4, -0.2) is 50.4 Å². The summed E-state index contributed by atoms with van der Waals surface area (Å²) in [6.45, 7) is 7.20. The molecule has 2 aromatic carbocycles. The molecule has 0 radical (unpaired) electrons. The number of hydrogen-bond acceptors (Lipinski definition) is 6. The number of ether oxygens (including phenoxy) is 2. The molecule has 2 aromatic rings. The van der Waals surface area contributed by atoms with Crippen LogP contribution in [0, 0.1) is 0 Å². The summed E-state index contributed by atoms with van der Waals surface area (Å²) in [5.74, 6) is -0.826. The summed E-state index contributed by atoms with van der Waals surface area (Å²) in [6.07, 6.45) is -0.409. The normalized spacial score (nSPS) is 10.9. The van der Waals surface area contributed by atoms with Crippen LogP contribution < -0.4 is 20.4 Å². The van der Waals surface area contributed by atoms with Crippen LogP contribution in [0.3, 0.4) is 0 Å². The molecule has 0 heterocycles. The molecule has 0 saturated heterocycles. The van der Waals surface area contributed by atoms with E-state index in [-0.39, 0.29) is 38.5 Å². The molecule has 4 N–H and O–H groups in total. The standard InChI is InChI=1S/C20H24N2O4Se2/c1-11(2)25-19(23)15-9-13(5-7-17(15)21)27-28-14-6-8-18(22)16(10-14)20(24)26-12(3)4/h5-12H,21-22H2,1-4H3. The van der Waals surface area contributed by atoms with Crippen molar-refractivity contribution in [2.24, 2.45) is 0 Å². The van der Waals surface area contributed by atoms with E-state index in [9.17, 15) is 9.59 Å². The van der Waals surface area contributed by atoms with Gasteiger partial charge in [0.1, 0.15) is 0 Å². The van der Waals surface area contributed by atoms with Gasteiger partial charge in [-0.15, -0.1) is 0 Å². The van der Waals surface area contributed by atoms with E-state index in [0.29, 0.717) is 22.5 Å². The van der Waals surface area contributed by atoms with Crippen LogP contribution in [0.25, 0.3) is 0 Å². The summed E-state index contributed by atoms with van der Waals surface area (Å²) in [5, 5.41) is 0. The topological polar surface area (TPSA) is 105 Å². The molecule has 0 spiro atoms. The Morgan fingerprint density at radius 1 is 0.750 bits per heavy atom. The van der Waals surface area contributed by atoms with Crippen molar-refractivity contribution in [3.05, 3.63) is 47.5 Å². The van der Waals surface area contributed by atoms with Crippen molar-refractivity contribution in [3.63, 3.8) is 0 Å². The van der Waals surface area contributed by atoms with Crippen molar-refractivity contribution in [3.8, 4) is 0 Å². The van der Waals surface area contributed by atoms with Crippen molar-refractivity contribution in [2.75, 3.05) is 11.5 Å². The average Bonchev–Trinajstić information content (AvgIpc) is 2.60. The zero-order valence-electron chi connectivity index (χ0n) is 16.2. The van der Waals surface area contributed by atoms with Gasteiger partial charge in [0.25, 0.3) is 0 Å². The Morgan fingerprint density at radius 2 is 1.11 bits per heavy atom. The van der Waals surface area contributed by atoms with Crippen LogP contribution in [0.4, 0.5) is 11.4 Å². The first-order valence-electron chi connectivity index (χ1n) is 8.73. The van der Waals surface area contributed by atoms with Gasteiger partial charge in [0.05, 0.1) is 0 Å². The molecule has 6 nitrogen and oxygen atoms in total. The quantitative estimate of drug-likeness (QED) is 0.328. The van der Waals surface area contributed by atoms with E-state index in [2.05, 4.69) is 0 Å². The number of nitrogen functional groups attached to an aromatic ring is 2. The third-order valence-electron chi connectivity index (χ3n) is 3.41. The average molecular weight is 514 g/mol. The molecule has 0 aliphatic rings. The van der Waals surface area contributed by atoms with Gasteiger partial charge < -0.3 is 0 Å². The molecular formula is C20H24N2O4Se2. The van der Waals surface area contributed by atoms with Gasteiger partial charge in [-0.2, -0.15) is 0 Å². The molecule has 0 amide bonds. The molecule has 150 valence electrons. The first-order chi connectivity index (χ1) is 13.2. The maximum atomic E-state index is 12.2. The predicted molar refractivity (Wildman–Crippen MR) is 114 cm³/mol. The van der Waals surface area contributed by atoms with E-state index >= 15 is 0 Å². The number of nitrogens with two attached hydrogens (primary N) is 2. The summed E-state index contributed by atoms with van der Waals surface area (Å²) >= 11 is 0.200. The third kappa shape index (κ3) is 6.28. The van der Waals surface area contributed by atoms with E-state index in [4.69, 9.17) is 20.9 Å². The molecule has 0 saturated carbocycles. The summed E-state index contributed by atoms with van der Waals surface area (Å²) < 4.78 is 12.6. The molecule has 8 heteroatoms. The molecule has 0 unspecified atom stereocenters. The fraction of sp³-hybridized carbons (Fsp3) is 0.300. The second-order valence-electron chi connectivity index (χ2n) is 6.57. The van der Waals surface area contributed by atoms with E-state index in [1.54, 1.807) is 52.0 Å². The Balaban J connectivity index is 2.14. The molecule has 2 rings (SSSR count). The molecule has 0 aliphatic heterocycles. The number of rotatable bonds is 7. The van der Waals surface area contributed by atoms with Gasteiger partial charge in [-0.25, -0.2) is 0 Å². The predicted octanol–water partition coefficient (Wildman–Crippen LogP) is 1.26. The van der Waals surface area contributed by atoms with Crippen LogP contribution in [0.2, 0.25) is 0 Å². The minimum atomic E-state index is -0.413. The molecular weight excluding hydrogens is 490 g/mol. The first kappa shape index (κ1) is 22.3. The van der Waals surface area contributed by atoms with Crippen LogP contribution in [-0.2, 0) is 9.47 Å². The zero-order chi connectivity index (χ0) is 20.8. The number of benzene rings is 2. The van der Waals surface area contributed by atoms with Crippen LogP contribution in [0.5, 0.6) is 0 Å². The van der Waals surface area contributed by atoms with Crippen molar-refractivity contribution in [2.45, 2.75) is 39.9 Å². The fourth-order valence-electron chi connectivity index (χ4n) is 2.18.